The zero-order chi connectivity index (χ0) is 10.7. The number of aryl methyl sites for hydroxylation is 1. The van der Waals surface area contributed by atoms with Gasteiger partial charge in [-0.3, -0.25) is 4.90 Å². The molecule has 0 aliphatic carbocycles. The molecule has 1 fully saturated rings. The molecule has 0 saturated carbocycles. The number of rotatable bonds is 4. The van der Waals surface area contributed by atoms with Crippen molar-refractivity contribution in [3.8, 4) is 0 Å². The first-order valence-electron chi connectivity index (χ1n) is 5.64. The molecule has 2 N–H and O–H groups in total. The molecule has 0 amide bonds. The highest BCUT2D eigenvalue weighted by Gasteiger charge is 2.22. The normalized spacial score (nSPS) is 19.8. The standard InChI is InChI=1S/C11H19N3S.2ClH/c1-9-11(15-8-13-9)4-6-14-5-2-3-10(14)7-12;;/h8,10H,2-7,12H2,1H3;2*1H. The summed E-state index contributed by atoms with van der Waals surface area (Å²) in [5, 5.41) is 0. The van der Waals surface area contributed by atoms with Crippen LogP contribution in [-0.4, -0.2) is 35.6 Å². The number of aromatic nitrogens is 1. The molecule has 1 atom stereocenters. The maximum atomic E-state index is 5.75. The Morgan fingerprint density at radius 1 is 1.53 bits per heavy atom. The van der Waals surface area contributed by atoms with Gasteiger partial charge in [-0.1, -0.05) is 0 Å². The summed E-state index contributed by atoms with van der Waals surface area (Å²) < 4.78 is 0. The highest BCUT2D eigenvalue weighted by molar-refractivity contribution is 7.09. The van der Waals surface area contributed by atoms with Gasteiger partial charge >= 0.3 is 0 Å². The molecule has 0 aromatic carbocycles. The summed E-state index contributed by atoms with van der Waals surface area (Å²) in [6, 6.07) is 0.623. The van der Waals surface area contributed by atoms with Crippen LogP contribution in [0.3, 0.4) is 0 Å². The Balaban J connectivity index is 0.00000128. The number of hydrogen-bond acceptors (Lipinski definition) is 4. The Morgan fingerprint density at radius 2 is 2.29 bits per heavy atom. The molecule has 6 heteroatoms. The first kappa shape index (κ1) is 17.1. The first-order valence-corrected chi connectivity index (χ1v) is 6.52. The average Bonchev–Trinajstić information content (AvgIpc) is 2.83. The van der Waals surface area contributed by atoms with Crippen LogP contribution < -0.4 is 5.73 Å². The molecule has 1 unspecified atom stereocenters. The summed E-state index contributed by atoms with van der Waals surface area (Å²) in [5.41, 5.74) is 8.89. The van der Waals surface area contributed by atoms with Crippen molar-refractivity contribution in [2.45, 2.75) is 32.2 Å². The van der Waals surface area contributed by atoms with Crippen molar-refractivity contribution in [3.63, 3.8) is 0 Å². The van der Waals surface area contributed by atoms with E-state index < -0.39 is 0 Å². The number of nitrogens with two attached hydrogens (primary N) is 1. The quantitative estimate of drug-likeness (QED) is 0.927. The minimum absolute atomic E-state index is 0. The summed E-state index contributed by atoms with van der Waals surface area (Å²) in [6.07, 6.45) is 3.72. The molecule has 1 saturated heterocycles. The predicted molar refractivity (Wildman–Crippen MR) is 78.7 cm³/mol. The molecule has 2 rings (SSSR count). The SMILES string of the molecule is Cc1ncsc1CCN1CCCC1CN.Cl.Cl. The van der Waals surface area contributed by atoms with E-state index in [0.717, 1.165) is 19.5 Å². The van der Waals surface area contributed by atoms with Gasteiger partial charge in [0, 0.05) is 24.0 Å². The molecule has 100 valence electrons. The van der Waals surface area contributed by atoms with Crippen molar-refractivity contribution in [3.05, 3.63) is 16.1 Å². The van der Waals surface area contributed by atoms with Gasteiger partial charge in [0.1, 0.15) is 0 Å². The van der Waals surface area contributed by atoms with Gasteiger partial charge in [-0.2, -0.15) is 0 Å². The van der Waals surface area contributed by atoms with E-state index in [2.05, 4.69) is 16.8 Å². The zero-order valence-corrected chi connectivity index (χ0v) is 12.5. The van der Waals surface area contributed by atoms with Crippen molar-refractivity contribution in [1.29, 1.82) is 0 Å². The summed E-state index contributed by atoms with van der Waals surface area (Å²) in [4.78, 5) is 8.23. The van der Waals surface area contributed by atoms with Crippen molar-refractivity contribution >= 4 is 36.2 Å². The second kappa shape index (κ2) is 8.27. The van der Waals surface area contributed by atoms with Crippen LogP contribution in [0.1, 0.15) is 23.4 Å². The monoisotopic (exact) mass is 297 g/mol. The van der Waals surface area contributed by atoms with Crippen LogP contribution in [0.15, 0.2) is 5.51 Å². The van der Waals surface area contributed by atoms with Gasteiger partial charge in [0.05, 0.1) is 11.2 Å². The van der Waals surface area contributed by atoms with Crippen LogP contribution >= 0.6 is 36.2 Å². The third-order valence-electron chi connectivity index (χ3n) is 3.24. The predicted octanol–water partition coefficient (Wildman–Crippen LogP) is 2.26. The average molecular weight is 298 g/mol. The Hall–Kier alpha value is 0.130. The van der Waals surface area contributed by atoms with Crippen LogP contribution in [0.25, 0.3) is 0 Å². The lowest BCUT2D eigenvalue weighted by Crippen LogP contribution is -2.36. The molecule has 0 spiro atoms. The van der Waals surface area contributed by atoms with E-state index in [1.165, 1.54) is 30.0 Å². The van der Waals surface area contributed by atoms with Gasteiger partial charge in [-0.15, -0.1) is 36.2 Å². The summed E-state index contributed by atoms with van der Waals surface area (Å²) in [6.45, 7) is 5.27. The van der Waals surface area contributed by atoms with Gasteiger partial charge in [-0.25, -0.2) is 4.98 Å². The fourth-order valence-corrected chi connectivity index (χ4v) is 3.04. The van der Waals surface area contributed by atoms with Gasteiger partial charge in [0.25, 0.3) is 0 Å². The van der Waals surface area contributed by atoms with Gasteiger partial charge in [-0.05, 0) is 32.7 Å². The minimum atomic E-state index is 0. The van der Waals surface area contributed by atoms with E-state index in [1.54, 1.807) is 11.3 Å². The molecule has 1 aromatic heterocycles. The van der Waals surface area contributed by atoms with Crippen LogP contribution in [0.2, 0.25) is 0 Å². The zero-order valence-electron chi connectivity index (χ0n) is 10.1. The maximum absolute atomic E-state index is 5.75. The van der Waals surface area contributed by atoms with Gasteiger partial charge in [0.2, 0.25) is 0 Å². The third-order valence-corrected chi connectivity index (χ3v) is 4.24. The molecule has 2 heterocycles. The minimum Gasteiger partial charge on any atom is -0.329 e. The Labute approximate surface area is 120 Å². The van der Waals surface area contributed by atoms with Crippen molar-refractivity contribution in [2.75, 3.05) is 19.6 Å². The lowest BCUT2D eigenvalue weighted by atomic mass is 10.2. The van der Waals surface area contributed by atoms with Crippen molar-refractivity contribution in [1.82, 2.24) is 9.88 Å². The molecule has 0 bridgehead atoms. The van der Waals surface area contributed by atoms with Crippen molar-refractivity contribution < 1.29 is 0 Å². The second-order valence-corrected chi connectivity index (χ2v) is 5.12. The number of nitrogens with zero attached hydrogens (tertiary/aromatic N) is 2. The smallest absolute Gasteiger partial charge is 0.0797 e. The lowest BCUT2D eigenvalue weighted by Gasteiger charge is -2.22. The number of thiazole rings is 1. The fourth-order valence-electron chi connectivity index (χ4n) is 2.27. The molecule has 1 aromatic rings. The van der Waals surface area contributed by atoms with Crippen LogP contribution in [-0.2, 0) is 6.42 Å². The number of hydrogen-bond donors (Lipinski definition) is 1. The molecular formula is C11H21Cl2N3S. The van der Waals surface area contributed by atoms with Crippen molar-refractivity contribution in [2.24, 2.45) is 5.73 Å². The molecular weight excluding hydrogens is 277 g/mol. The third kappa shape index (κ3) is 4.38. The fraction of sp³-hybridized carbons (Fsp3) is 0.727. The van der Waals surface area contributed by atoms with Gasteiger partial charge in [0.15, 0.2) is 0 Å². The van der Waals surface area contributed by atoms with E-state index in [9.17, 15) is 0 Å². The summed E-state index contributed by atoms with van der Waals surface area (Å²) in [5.74, 6) is 0. The molecule has 1 aliphatic heterocycles. The molecule has 3 nitrogen and oxygen atoms in total. The highest BCUT2D eigenvalue weighted by Crippen LogP contribution is 2.18. The van der Waals surface area contributed by atoms with E-state index in [4.69, 9.17) is 5.73 Å². The second-order valence-electron chi connectivity index (χ2n) is 4.18. The highest BCUT2D eigenvalue weighted by atomic mass is 35.5. The Bertz CT molecular complexity index is 319. The number of likely N-dealkylation sites (tertiary alicyclic amines) is 1. The Morgan fingerprint density at radius 3 is 2.88 bits per heavy atom. The molecule has 17 heavy (non-hydrogen) atoms. The van der Waals surface area contributed by atoms with E-state index in [1.807, 2.05) is 5.51 Å². The van der Waals surface area contributed by atoms with E-state index >= 15 is 0 Å². The van der Waals surface area contributed by atoms with Crippen LogP contribution in [0.4, 0.5) is 0 Å². The van der Waals surface area contributed by atoms with E-state index in [0.29, 0.717) is 6.04 Å². The topological polar surface area (TPSA) is 42.2 Å². The summed E-state index contributed by atoms with van der Waals surface area (Å²) >= 11 is 1.77. The maximum Gasteiger partial charge on any atom is 0.0797 e. The van der Waals surface area contributed by atoms with Crippen LogP contribution in [0, 0.1) is 6.92 Å². The first-order chi connectivity index (χ1) is 7.31. The molecule has 0 radical (unpaired) electrons. The van der Waals surface area contributed by atoms with E-state index in [-0.39, 0.29) is 24.8 Å². The lowest BCUT2D eigenvalue weighted by molar-refractivity contribution is 0.262. The largest absolute Gasteiger partial charge is 0.329 e. The van der Waals surface area contributed by atoms with Gasteiger partial charge < -0.3 is 5.73 Å². The summed E-state index contributed by atoms with van der Waals surface area (Å²) in [7, 11) is 0. The molecule has 1 aliphatic rings. The Kier molecular flexibility index (Phi) is 8.33. The number of halogens is 2. The van der Waals surface area contributed by atoms with Crippen LogP contribution in [0.5, 0.6) is 0 Å².